The number of alkyl carbamates (subject to hydrolysis) is 1. The van der Waals surface area contributed by atoms with E-state index in [1.807, 2.05) is 5.32 Å². The first-order valence-electron chi connectivity index (χ1n) is 8.02. The van der Waals surface area contributed by atoms with Crippen LogP contribution in [0.2, 0.25) is 0 Å². The highest BCUT2D eigenvalue weighted by Crippen LogP contribution is 2.19. The van der Waals surface area contributed by atoms with E-state index in [0.29, 0.717) is 6.42 Å². The highest BCUT2D eigenvalue weighted by atomic mass is 19.1. The van der Waals surface area contributed by atoms with E-state index in [0.717, 1.165) is 25.5 Å². The fraction of sp³-hybridized carbons (Fsp3) is 0.733. The van der Waals surface area contributed by atoms with Crippen molar-refractivity contribution in [1.82, 2.24) is 10.6 Å². The van der Waals surface area contributed by atoms with E-state index in [1.54, 1.807) is 6.92 Å². The zero-order valence-corrected chi connectivity index (χ0v) is 13.9. The summed E-state index contributed by atoms with van der Waals surface area (Å²) in [5.41, 5.74) is 0. The van der Waals surface area contributed by atoms with E-state index in [2.05, 4.69) is 12.2 Å². The normalized spacial score (nSPS) is 27.0. The first-order chi connectivity index (χ1) is 11.4. The summed E-state index contributed by atoms with van der Waals surface area (Å²) in [6.45, 7) is 3.84. The Hall–Kier alpha value is -1.71. The summed E-state index contributed by atoms with van der Waals surface area (Å²) in [6, 6.07) is 0. The van der Waals surface area contributed by atoms with Crippen molar-refractivity contribution in [3.8, 4) is 0 Å². The van der Waals surface area contributed by atoms with Gasteiger partial charge in [0, 0.05) is 6.20 Å². The Morgan fingerprint density at radius 3 is 2.62 bits per heavy atom. The molecule has 0 aromatic rings. The lowest BCUT2D eigenvalue weighted by molar-refractivity contribution is 0.00320. The lowest BCUT2D eigenvalue weighted by Gasteiger charge is -2.15. The van der Waals surface area contributed by atoms with Crippen molar-refractivity contribution in [3.63, 3.8) is 0 Å². The maximum absolute atomic E-state index is 13.7. The molecule has 0 aromatic heterocycles. The summed E-state index contributed by atoms with van der Waals surface area (Å²) in [6.07, 6.45) is -0.267. The molecule has 0 spiro atoms. The number of ether oxygens (including phenoxy) is 2. The SMILES string of the molecule is CCCCCCOC(=O)NC(=N)/C(F)=C\N[C@@H]1O[C@H](C)C(O)C1O. The van der Waals surface area contributed by atoms with Gasteiger partial charge >= 0.3 is 6.09 Å². The molecule has 9 heteroatoms. The largest absolute Gasteiger partial charge is 0.449 e. The van der Waals surface area contributed by atoms with Crippen molar-refractivity contribution >= 4 is 11.9 Å². The van der Waals surface area contributed by atoms with Crippen LogP contribution in [0.25, 0.3) is 0 Å². The van der Waals surface area contributed by atoms with Crippen LogP contribution in [-0.4, -0.2) is 53.3 Å². The summed E-state index contributed by atoms with van der Waals surface area (Å²) in [7, 11) is 0. The standard InChI is InChI=1S/C15H26FN3O5/c1-3-4-5-6-7-23-15(22)19-13(17)10(16)8-18-14-12(21)11(20)9(2)24-14/h8-9,11-12,14,18,20-21H,3-7H2,1-2H3,(H2,17,19,22)/b10-8+/t9-,11?,12?,14-/m1/s1. The molecule has 1 fully saturated rings. The molecule has 24 heavy (non-hydrogen) atoms. The zero-order valence-electron chi connectivity index (χ0n) is 13.9. The molecule has 0 bridgehead atoms. The van der Waals surface area contributed by atoms with Crippen molar-refractivity contribution in [1.29, 1.82) is 5.41 Å². The summed E-state index contributed by atoms with van der Waals surface area (Å²) >= 11 is 0. The van der Waals surface area contributed by atoms with Crippen LogP contribution in [0, 0.1) is 5.41 Å². The molecular weight excluding hydrogens is 321 g/mol. The molecule has 138 valence electrons. The van der Waals surface area contributed by atoms with Crippen LogP contribution in [0.4, 0.5) is 9.18 Å². The monoisotopic (exact) mass is 347 g/mol. The third-order valence-corrected chi connectivity index (χ3v) is 3.57. The Morgan fingerprint density at radius 2 is 2.04 bits per heavy atom. The van der Waals surface area contributed by atoms with Gasteiger partial charge in [-0.2, -0.15) is 0 Å². The number of unbranched alkanes of at least 4 members (excludes halogenated alkanes) is 3. The van der Waals surface area contributed by atoms with Gasteiger partial charge in [-0.05, 0) is 13.3 Å². The number of halogens is 1. The van der Waals surface area contributed by atoms with Crippen LogP contribution in [0.1, 0.15) is 39.5 Å². The van der Waals surface area contributed by atoms with Gasteiger partial charge in [-0.25, -0.2) is 9.18 Å². The number of rotatable bonds is 8. The highest BCUT2D eigenvalue weighted by Gasteiger charge is 2.39. The molecule has 2 unspecified atom stereocenters. The zero-order chi connectivity index (χ0) is 18.1. The number of hydrogen-bond acceptors (Lipinski definition) is 7. The minimum atomic E-state index is -1.22. The van der Waals surface area contributed by atoms with Crippen molar-refractivity contribution in [2.24, 2.45) is 0 Å². The van der Waals surface area contributed by atoms with Gasteiger partial charge in [0.1, 0.15) is 12.2 Å². The lowest BCUT2D eigenvalue weighted by Crippen LogP contribution is -2.39. The molecule has 1 rings (SSSR count). The number of carbonyl (C=O) groups excluding carboxylic acids is 1. The Balaban J connectivity index is 2.32. The van der Waals surface area contributed by atoms with Crippen molar-refractivity contribution < 1.29 is 28.9 Å². The van der Waals surface area contributed by atoms with Gasteiger partial charge in [-0.15, -0.1) is 0 Å². The minimum Gasteiger partial charge on any atom is -0.449 e. The number of aliphatic hydroxyl groups is 2. The van der Waals surface area contributed by atoms with E-state index in [-0.39, 0.29) is 6.61 Å². The maximum Gasteiger partial charge on any atom is 0.412 e. The molecule has 1 aliphatic heterocycles. The molecule has 1 heterocycles. The van der Waals surface area contributed by atoms with Crippen LogP contribution in [0.5, 0.6) is 0 Å². The van der Waals surface area contributed by atoms with Crippen LogP contribution in [0.3, 0.4) is 0 Å². The lowest BCUT2D eigenvalue weighted by atomic mass is 10.1. The molecule has 8 nitrogen and oxygen atoms in total. The molecule has 0 aromatic carbocycles. The fourth-order valence-electron chi connectivity index (χ4n) is 2.11. The van der Waals surface area contributed by atoms with Gasteiger partial charge in [0.2, 0.25) is 0 Å². The predicted octanol–water partition coefficient (Wildman–Crippen LogP) is 1.14. The molecule has 1 amide bonds. The number of nitrogens with one attached hydrogen (secondary N) is 3. The molecule has 0 saturated carbocycles. The van der Waals surface area contributed by atoms with Gasteiger partial charge in [-0.1, -0.05) is 26.2 Å². The number of amides is 1. The molecular formula is C15H26FN3O5. The van der Waals surface area contributed by atoms with Crippen LogP contribution in [0.15, 0.2) is 12.0 Å². The summed E-state index contributed by atoms with van der Waals surface area (Å²) < 4.78 is 23.7. The second-order valence-electron chi connectivity index (χ2n) is 5.60. The van der Waals surface area contributed by atoms with Crippen molar-refractivity contribution in [2.45, 2.75) is 64.1 Å². The highest BCUT2D eigenvalue weighted by molar-refractivity contribution is 6.02. The third kappa shape index (κ3) is 6.42. The fourth-order valence-corrected chi connectivity index (χ4v) is 2.11. The smallest absolute Gasteiger partial charge is 0.412 e. The van der Waals surface area contributed by atoms with Crippen LogP contribution < -0.4 is 10.6 Å². The van der Waals surface area contributed by atoms with Crippen molar-refractivity contribution in [2.75, 3.05) is 6.61 Å². The minimum absolute atomic E-state index is 0.209. The Labute approximate surface area is 140 Å². The van der Waals surface area contributed by atoms with Crippen LogP contribution >= 0.6 is 0 Å². The molecule has 0 aliphatic carbocycles. The van der Waals surface area contributed by atoms with E-state index >= 15 is 0 Å². The van der Waals surface area contributed by atoms with Crippen LogP contribution in [-0.2, 0) is 9.47 Å². The summed E-state index contributed by atoms with van der Waals surface area (Å²) in [4.78, 5) is 11.4. The summed E-state index contributed by atoms with van der Waals surface area (Å²) in [5.74, 6) is -1.84. The van der Waals surface area contributed by atoms with Gasteiger partial charge in [-0.3, -0.25) is 10.7 Å². The maximum atomic E-state index is 13.7. The first-order valence-corrected chi connectivity index (χ1v) is 8.02. The number of aliphatic hydroxyl groups excluding tert-OH is 2. The molecule has 5 N–H and O–H groups in total. The van der Waals surface area contributed by atoms with Gasteiger partial charge < -0.3 is 25.0 Å². The second kappa shape index (κ2) is 10.2. The summed E-state index contributed by atoms with van der Waals surface area (Å²) in [5, 5.41) is 31.0. The molecule has 0 radical (unpaired) electrons. The van der Waals surface area contributed by atoms with E-state index in [4.69, 9.17) is 14.9 Å². The molecule has 1 saturated heterocycles. The number of carbonyl (C=O) groups is 1. The van der Waals surface area contributed by atoms with Crippen molar-refractivity contribution in [3.05, 3.63) is 12.0 Å². The number of hydrogen-bond donors (Lipinski definition) is 5. The van der Waals surface area contributed by atoms with Gasteiger partial charge in [0.15, 0.2) is 17.9 Å². The van der Waals surface area contributed by atoms with E-state index in [9.17, 15) is 19.4 Å². The third-order valence-electron chi connectivity index (χ3n) is 3.57. The molecule has 4 atom stereocenters. The quantitative estimate of drug-likeness (QED) is 0.255. The predicted molar refractivity (Wildman–Crippen MR) is 85.0 cm³/mol. The Kier molecular flexibility index (Phi) is 8.66. The Bertz CT molecular complexity index is 460. The topological polar surface area (TPSA) is 124 Å². The molecule has 1 aliphatic rings. The number of amidine groups is 1. The average Bonchev–Trinajstić information content (AvgIpc) is 2.79. The van der Waals surface area contributed by atoms with Gasteiger partial charge in [0.25, 0.3) is 0 Å². The Morgan fingerprint density at radius 1 is 1.33 bits per heavy atom. The second-order valence-corrected chi connectivity index (χ2v) is 5.60. The van der Waals surface area contributed by atoms with Gasteiger partial charge in [0.05, 0.1) is 12.7 Å². The first kappa shape index (κ1) is 20.3. The average molecular weight is 347 g/mol. The van der Waals surface area contributed by atoms with E-state index < -0.39 is 42.3 Å². The van der Waals surface area contributed by atoms with E-state index in [1.165, 1.54) is 0 Å².